The van der Waals surface area contributed by atoms with Gasteiger partial charge in [-0.3, -0.25) is 19.1 Å². The minimum Gasteiger partial charge on any atom is -0.383 e. The number of H-pyrrole nitrogens is 1. The second-order valence-electron chi connectivity index (χ2n) is 7.68. The Morgan fingerprint density at radius 2 is 1.68 bits per heavy atom. The van der Waals surface area contributed by atoms with Crippen LogP contribution in [0.2, 0.25) is 0 Å². The van der Waals surface area contributed by atoms with Crippen LogP contribution in [-0.2, 0) is 11.3 Å². The standard InChI is InChI=1S/C23H27N5O3/c1-16(2)14-27(19(29)13-25-18-11-7-4-8-12-18)20-21(24)28(23(31)26-22(20)30)15-17-9-5-3-6-10-17/h3-12,16,25H,13-15,24H2,1-2H3,(H,26,30,31). The highest BCUT2D eigenvalue weighted by Crippen LogP contribution is 2.19. The maximum absolute atomic E-state index is 13.1. The van der Waals surface area contributed by atoms with Crippen LogP contribution in [0.4, 0.5) is 17.2 Å². The Kier molecular flexibility index (Phi) is 6.92. The lowest BCUT2D eigenvalue weighted by Crippen LogP contribution is -2.44. The molecule has 0 radical (unpaired) electrons. The molecule has 8 heteroatoms. The molecule has 0 unspecified atom stereocenters. The van der Waals surface area contributed by atoms with Gasteiger partial charge < -0.3 is 16.0 Å². The van der Waals surface area contributed by atoms with Crippen molar-refractivity contribution >= 4 is 23.1 Å². The van der Waals surface area contributed by atoms with Crippen molar-refractivity contribution in [3.63, 3.8) is 0 Å². The van der Waals surface area contributed by atoms with E-state index in [-0.39, 0.29) is 43.0 Å². The number of nitrogen functional groups attached to an aromatic ring is 1. The van der Waals surface area contributed by atoms with Crippen LogP contribution in [0, 0.1) is 5.92 Å². The van der Waals surface area contributed by atoms with Gasteiger partial charge in [-0.15, -0.1) is 0 Å². The molecule has 0 aliphatic carbocycles. The molecule has 31 heavy (non-hydrogen) atoms. The van der Waals surface area contributed by atoms with Gasteiger partial charge in [0.2, 0.25) is 5.91 Å². The highest BCUT2D eigenvalue weighted by molar-refractivity contribution is 5.98. The van der Waals surface area contributed by atoms with Crippen molar-refractivity contribution in [2.75, 3.05) is 29.0 Å². The van der Waals surface area contributed by atoms with Gasteiger partial charge in [-0.05, 0) is 23.6 Å². The molecule has 4 N–H and O–H groups in total. The van der Waals surface area contributed by atoms with Gasteiger partial charge in [0, 0.05) is 12.2 Å². The number of aromatic amines is 1. The first kappa shape index (κ1) is 21.9. The fourth-order valence-electron chi connectivity index (χ4n) is 3.27. The van der Waals surface area contributed by atoms with Crippen LogP contribution >= 0.6 is 0 Å². The summed E-state index contributed by atoms with van der Waals surface area (Å²) >= 11 is 0. The topological polar surface area (TPSA) is 113 Å². The zero-order chi connectivity index (χ0) is 22.4. The lowest BCUT2D eigenvalue weighted by molar-refractivity contribution is -0.117. The van der Waals surface area contributed by atoms with Gasteiger partial charge in [-0.25, -0.2) is 4.79 Å². The predicted molar refractivity (Wildman–Crippen MR) is 123 cm³/mol. The third-order valence-electron chi connectivity index (χ3n) is 4.73. The molecule has 0 saturated carbocycles. The summed E-state index contributed by atoms with van der Waals surface area (Å²) in [6.07, 6.45) is 0. The van der Waals surface area contributed by atoms with Crippen LogP contribution in [0.3, 0.4) is 0 Å². The lowest BCUT2D eigenvalue weighted by atomic mass is 10.2. The van der Waals surface area contributed by atoms with Gasteiger partial charge in [-0.1, -0.05) is 62.4 Å². The van der Waals surface area contributed by atoms with Crippen molar-refractivity contribution < 1.29 is 4.79 Å². The number of rotatable bonds is 8. The molecule has 2 aromatic carbocycles. The summed E-state index contributed by atoms with van der Waals surface area (Å²) in [5.74, 6) is -0.278. The molecule has 1 heterocycles. The van der Waals surface area contributed by atoms with Crippen LogP contribution in [0.25, 0.3) is 0 Å². The van der Waals surface area contributed by atoms with E-state index in [1.165, 1.54) is 9.47 Å². The number of aromatic nitrogens is 2. The fourth-order valence-corrected chi connectivity index (χ4v) is 3.27. The number of nitrogens with one attached hydrogen (secondary N) is 2. The van der Waals surface area contributed by atoms with Gasteiger partial charge in [-0.2, -0.15) is 0 Å². The summed E-state index contributed by atoms with van der Waals surface area (Å²) in [5, 5.41) is 3.06. The number of nitrogens with two attached hydrogens (primary N) is 1. The average molecular weight is 422 g/mol. The number of para-hydroxylation sites is 1. The predicted octanol–water partition coefficient (Wildman–Crippen LogP) is 2.27. The highest BCUT2D eigenvalue weighted by atomic mass is 16.2. The molecule has 3 aromatic rings. The molecule has 0 spiro atoms. The van der Waals surface area contributed by atoms with Crippen LogP contribution in [-0.4, -0.2) is 28.5 Å². The van der Waals surface area contributed by atoms with Crippen molar-refractivity contribution in [2.24, 2.45) is 5.92 Å². The number of hydrogen-bond donors (Lipinski definition) is 3. The molecule has 0 bridgehead atoms. The Morgan fingerprint density at radius 1 is 1.06 bits per heavy atom. The molecule has 162 valence electrons. The monoisotopic (exact) mass is 421 g/mol. The highest BCUT2D eigenvalue weighted by Gasteiger charge is 2.25. The molecular weight excluding hydrogens is 394 g/mol. The Morgan fingerprint density at radius 3 is 2.29 bits per heavy atom. The van der Waals surface area contributed by atoms with Crippen molar-refractivity contribution in [3.05, 3.63) is 87.1 Å². The SMILES string of the molecule is CC(C)CN(C(=O)CNc1ccccc1)c1c(N)n(Cc2ccccc2)c(=O)[nH]c1=O. The van der Waals surface area contributed by atoms with Crippen molar-refractivity contribution in [3.8, 4) is 0 Å². The van der Waals surface area contributed by atoms with Crippen LogP contribution in [0.15, 0.2) is 70.3 Å². The number of anilines is 3. The lowest BCUT2D eigenvalue weighted by Gasteiger charge is -2.26. The Hall–Kier alpha value is -3.81. The van der Waals surface area contributed by atoms with Gasteiger partial charge in [0.15, 0.2) is 5.69 Å². The summed E-state index contributed by atoms with van der Waals surface area (Å²) in [5.41, 5.74) is 6.61. The Labute approximate surface area is 180 Å². The van der Waals surface area contributed by atoms with E-state index in [9.17, 15) is 14.4 Å². The van der Waals surface area contributed by atoms with Gasteiger partial charge in [0.25, 0.3) is 5.56 Å². The maximum Gasteiger partial charge on any atom is 0.330 e. The first-order valence-corrected chi connectivity index (χ1v) is 10.1. The quantitative estimate of drug-likeness (QED) is 0.516. The number of amides is 1. The molecule has 0 aliphatic heterocycles. The molecular formula is C23H27N5O3. The molecule has 1 aromatic heterocycles. The van der Waals surface area contributed by atoms with E-state index < -0.39 is 11.2 Å². The second kappa shape index (κ2) is 9.80. The zero-order valence-corrected chi connectivity index (χ0v) is 17.7. The first-order valence-electron chi connectivity index (χ1n) is 10.1. The van der Waals surface area contributed by atoms with Gasteiger partial charge in [0.1, 0.15) is 5.82 Å². The van der Waals surface area contributed by atoms with Crippen LogP contribution in [0.1, 0.15) is 19.4 Å². The number of hydrogen-bond acceptors (Lipinski definition) is 5. The Bertz CT molecular complexity index is 1140. The summed E-state index contributed by atoms with van der Waals surface area (Å²) < 4.78 is 1.28. The van der Waals surface area contributed by atoms with E-state index in [4.69, 9.17) is 5.73 Å². The molecule has 0 aliphatic rings. The molecule has 1 amide bonds. The number of carbonyl (C=O) groups is 1. The normalized spacial score (nSPS) is 10.8. The van der Waals surface area contributed by atoms with E-state index in [1.54, 1.807) is 0 Å². The van der Waals surface area contributed by atoms with Gasteiger partial charge >= 0.3 is 5.69 Å². The summed E-state index contributed by atoms with van der Waals surface area (Å²) in [7, 11) is 0. The number of carbonyl (C=O) groups excluding carboxylic acids is 1. The van der Waals surface area contributed by atoms with Crippen molar-refractivity contribution in [1.82, 2.24) is 9.55 Å². The van der Waals surface area contributed by atoms with Crippen molar-refractivity contribution in [1.29, 1.82) is 0 Å². The van der Waals surface area contributed by atoms with Crippen molar-refractivity contribution in [2.45, 2.75) is 20.4 Å². The maximum atomic E-state index is 13.1. The van der Waals surface area contributed by atoms with E-state index in [2.05, 4.69) is 10.3 Å². The van der Waals surface area contributed by atoms with Crippen LogP contribution in [0.5, 0.6) is 0 Å². The van der Waals surface area contributed by atoms with E-state index in [0.717, 1.165) is 11.3 Å². The summed E-state index contributed by atoms with van der Waals surface area (Å²) in [6.45, 7) is 4.32. The Balaban J connectivity index is 1.96. The average Bonchev–Trinajstić information content (AvgIpc) is 2.75. The largest absolute Gasteiger partial charge is 0.383 e. The third kappa shape index (κ3) is 5.42. The molecule has 0 fully saturated rings. The second-order valence-corrected chi connectivity index (χ2v) is 7.68. The van der Waals surface area contributed by atoms with Gasteiger partial charge in [0.05, 0.1) is 13.1 Å². The summed E-state index contributed by atoms with van der Waals surface area (Å²) in [4.78, 5) is 41.9. The smallest absolute Gasteiger partial charge is 0.330 e. The molecule has 8 nitrogen and oxygen atoms in total. The first-order chi connectivity index (χ1) is 14.9. The third-order valence-corrected chi connectivity index (χ3v) is 4.73. The van der Waals surface area contributed by atoms with E-state index in [1.807, 2.05) is 74.5 Å². The number of benzene rings is 2. The van der Waals surface area contributed by atoms with Crippen LogP contribution < -0.4 is 27.2 Å². The molecule has 0 atom stereocenters. The molecule has 3 rings (SSSR count). The zero-order valence-electron chi connectivity index (χ0n) is 17.7. The van der Waals surface area contributed by atoms with E-state index in [0.29, 0.717) is 0 Å². The minimum atomic E-state index is -0.680. The summed E-state index contributed by atoms with van der Waals surface area (Å²) in [6, 6.07) is 18.6. The minimum absolute atomic E-state index is 0.0101. The number of nitrogens with zero attached hydrogens (tertiary/aromatic N) is 2. The fraction of sp³-hybridized carbons (Fsp3) is 0.261. The molecule has 0 saturated heterocycles. The van der Waals surface area contributed by atoms with E-state index >= 15 is 0 Å².